The van der Waals surface area contributed by atoms with Crippen LogP contribution in [0.5, 0.6) is 0 Å². The molecule has 2 rings (SSSR count). The van der Waals surface area contributed by atoms with Gasteiger partial charge in [-0.1, -0.05) is 0 Å². The molecule has 19 heavy (non-hydrogen) atoms. The van der Waals surface area contributed by atoms with Gasteiger partial charge in [-0.3, -0.25) is 4.79 Å². The van der Waals surface area contributed by atoms with E-state index < -0.39 is 0 Å². The molecule has 2 aromatic rings. The summed E-state index contributed by atoms with van der Waals surface area (Å²) in [6.45, 7) is 0.164. The zero-order valence-electron chi connectivity index (χ0n) is 9.91. The number of rotatable bonds is 3. The lowest BCUT2D eigenvalue weighted by atomic mass is 10.1. The molecular formula is C14H11BrFN2O+. The summed E-state index contributed by atoms with van der Waals surface area (Å²) in [5.74, 6) is -0.470. The molecule has 0 unspecified atom stereocenters. The number of carbonyl (C=O) groups is 1. The molecule has 0 spiro atoms. The molecule has 0 bridgehead atoms. The molecule has 0 saturated heterocycles. The molecule has 0 saturated carbocycles. The van der Waals surface area contributed by atoms with Crippen molar-refractivity contribution < 1.29 is 13.8 Å². The van der Waals surface area contributed by atoms with E-state index in [2.05, 4.69) is 0 Å². The molecule has 0 aliphatic rings. The normalized spacial score (nSPS) is 9.26. The van der Waals surface area contributed by atoms with Gasteiger partial charge in [-0.2, -0.15) is 9.83 Å². The summed E-state index contributed by atoms with van der Waals surface area (Å²) in [7, 11) is 0. The Labute approximate surface area is 120 Å². The second kappa shape index (κ2) is 6.76. The number of benzene rings is 1. The minimum Gasteiger partial charge on any atom is -0.287 e. The van der Waals surface area contributed by atoms with Gasteiger partial charge >= 0.3 is 0 Å². The molecule has 1 aromatic carbocycles. The Morgan fingerprint density at radius 3 is 2.26 bits per heavy atom. The van der Waals surface area contributed by atoms with E-state index >= 15 is 0 Å². The standard InChI is InChI=1S/C14H10FN2O.BrH/c15-13-3-1-12(2-4-13)14(18)10-17-7-5-11(9-16)6-8-17;/h1-8H,10H2;1H/q+1;. The van der Waals surface area contributed by atoms with Crippen LogP contribution in [0.1, 0.15) is 15.9 Å². The molecule has 3 nitrogen and oxygen atoms in total. The second-order valence-corrected chi connectivity index (χ2v) is 3.80. The van der Waals surface area contributed by atoms with Gasteiger partial charge in [0.05, 0.1) is 11.6 Å². The number of halogens is 2. The van der Waals surface area contributed by atoms with Gasteiger partial charge in [-0.15, -0.1) is 17.0 Å². The number of carbonyl (C=O) groups excluding carboxylic acids is 1. The fourth-order valence-electron chi connectivity index (χ4n) is 1.53. The van der Waals surface area contributed by atoms with Crippen LogP contribution in [-0.2, 0) is 6.54 Å². The van der Waals surface area contributed by atoms with Gasteiger partial charge < -0.3 is 0 Å². The van der Waals surface area contributed by atoms with Crippen molar-refractivity contribution in [1.29, 1.82) is 5.26 Å². The van der Waals surface area contributed by atoms with Crippen LogP contribution in [0.15, 0.2) is 48.8 Å². The summed E-state index contributed by atoms with van der Waals surface area (Å²) in [5.41, 5.74) is 1.01. The minimum absolute atomic E-state index is 0. The SMILES string of the molecule is Br.N#Cc1cc[n+](CC(=O)c2ccc(F)cc2)cc1. The van der Waals surface area contributed by atoms with Crippen molar-refractivity contribution >= 4 is 22.8 Å². The van der Waals surface area contributed by atoms with E-state index in [9.17, 15) is 9.18 Å². The molecule has 96 valence electrons. The molecule has 0 amide bonds. The van der Waals surface area contributed by atoms with Crippen LogP contribution in [0.3, 0.4) is 0 Å². The number of ketones is 1. The van der Waals surface area contributed by atoms with E-state index in [0.717, 1.165) is 0 Å². The van der Waals surface area contributed by atoms with Gasteiger partial charge in [0.2, 0.25) is 12.3 Å². The van der Waals surface area contributed by atoms with Crippen molar-refractivity contribution in [2.45, 2.75) is 6.54 Å². The lowest BCUT2D eigenvalue weighted by Gasteiger charge is -1.98. The fraction of sp³-hybridized carbons (Fsp3) is 0.0714. The van der Waals surface area contributed by atoms with E-state index in [1.807, 2.05) is 6.07 Å². The zero-order valence-corrected chi connectivity index (χ0v) is 11.6. The zero-order chi connectivity index (χ0) is 13.0. The van der Waals surface area contributed by atoms with Crippen LogP contribution in [0.2, 0.25) is 0 Å². The van der Waals surface area contributed by atoms with E-state index in [1.54, 1.807) is 29.1 Å². The lowest BCUT2D eigenvalue weighted by molar-refractivity contribution is -0.683. The first-order valence-electron chi connectivity index (χ1n) is 5.37. The molecule has 5 heteroatoms. The summed E-state index contributed by atoms with van der Waals surface area (Å²) in [6, 6.07) is 10.7. The molecule has 0 radical (unpaired) electrons. The number of hydrogen-bond donors (Lipinski definition) is 0. The second-order valence-electron chi connectivity index (χ2n) is 3.80. The first-order valence-corrected chi connectivity index (χ1v) is 5.37. The van der Waals surface area contributed by atoms with Crippen molar-refractivity contribution in [3.8, 4) is 6.07 Å². The Bertz CT molecular complexity index is 603. The topological polar surface area (TPSA) is 44.7 Å². The maximum atomic E-state index is 12.7. The predicted octanol–water partition coefficient (Wildman–Crippen LogP) is 2.45. The van der Waals surface area contributed by atoms with Crippen LogP contribution >= 0.6 is 17.0 Å². The number of pyridine rings is 1. The molecule has 1 heterocycles. The molecule has 0 atom stereocenters. The molecule has 0 aliphatic carbocycles. The number of nitriles is 1. The molecular weight excluding hydrogens is 311 g/mol. The number of Topliss-reactive ketones (excluding diaryl/α,β-unsaturated/α-hetero) is 1. The third kappa shape index (κ3) is 3.97. The highest BCUT2D eigenvalue weighted by Crippen LogP contribution is 2.03. The summed E-state index contributed by atoms with van der Waals surface area (Å²) in [6.07, 6.45) is 3.33. The Hall–Kier alpha value is -2.06. The third-order valence-corrected chi connectivity index (χ3v) is 2.51. The van der Waals surface area contributed by atoms with Gasteiger partial charge in [-0.05, 0) is 24.3 Å². The Kier molecular flexibility index (Phi) is 5.34. The highest BCUT2D eigenvalue weighted by atomic mass is 79.9. The minimum atomic E-state index is -0.363. The maximum Gasteiger partial charge on any atom is 0.227 e. The van der Waals surface area contributed by atoms with Crippen LogP contribution in [0, 0.1) is 17.1 Å². The van der Waals surface area contributed by atoms with E-state index in [-0.39, 0.29) is 35.1 Å². The Morgan fingerprint density at radius 1 is 1.16 bits per heavy atom. The van der Waals surface area contributed by atoms with Crippen molar-refractivity contribution in [3.63, 3.8) is 0 Å². The summed E-state index contributed by atoms with van der Waals surface area (Å²) < 4.78 is 14.4. The van der Waals surface area contributed by atoms with E-state index in [0.29, 0.717) is 11.1 Å². The van der Waals surface area contributed by atoms with Gasteiger partial charge in [-0.25, -0.2) is 4.39 Å². The summed E-state index contributed by atoms with van der Waals surface area (Å²) >= 11 is 0. The Morgan fingerprint density at radius 2 is 1.74 bits per heavy atom. The molecule has 1 aromatic heterocycles. The highest BCUT2D eigenvalue weighted by molar-refractivity contribution is 8.93. The monoisotopic (exact) mass is 321 g/mol. The average molecular weight is 322 g/mol. The van der Waals surface area contributed by atoms with Crippen molar-refractivity contribution in [1.82, 2.24) is 0 Å². The van der Waals surface area contributed by atoms with Crippen molar-refractivity contribution in [2.24, 2.45) is 0 Å². The maximum absolute atomic E-state index is 12.7. The van der Waals surface area contributed by atoms with E-state index in [4.69, 9.17) is 5.26 Å². The van der Waals surface area contributed by atoms with Crippen molar-refractivity contribution in [3.05, 3.63) is 65.7 Å². The third-order valence-electron chi connectivity index (χ3n) is 2.51. The lowest BCUT2D eigenvalue weighted by Crippen LogP contribution is -2.37. The van der Waals surface area contributed by atoms with Crippen molar-refractivity contribution in [2.75, 3.05) is 0 Å². The summed E-state index contributed by atoms with van der Waals surface area (Å²) in [5, 5.41) is 8.65. The van der Waals surface area contributed by atoms with Gasteiger partial charge in [0, 0.05) is 17.7 Å². The predicted molar refractivity (Wildman–Crippen MR) is 72.4 cm³/mol. The molecule has 0 fully saturated rings. The number of hydrogen-bond acceptors (Lipinski definition) is 2. The molecule has 0 aliphatic heterocycles. The summed E-state index contributed by atoms with van der Waals surface area (Å²) in [4.78, 5) is 11.9. The highest BCUT2D eigenvalue weighted by Gasteiger charge is 2.11. The average Bonchev–Trinajstić information content (AvgIpc) is 2.40. The van der Waals surface area contributed by atoms with Gasteiger partial charge in [0.15, 0.2) is 12.4 Å². The first-order chi connectivity index (χ1) is 8.69. The Balaban J connectivity index is 0.00000180. The van der Waals surface area contributed by atoms with Gasteiger partial charge in [0.1, 0.15) is 5.82 Å². The smallest absolute Gasteiger partial charge is 0.227 e. The first kappa shape index (κ1) is 15.0. The number of nitrogens with zero attached hydrogens (tertiary/aromatic N) is 2. The fourth-order valence-corrected chi connectivity index (χ4v) is 1.53. The van der Waals surface area contributed by atoms with Gasteiger partial charge in [0.25, 0.3) is 0 Å². The number of aromatic nitrogens is 1. The van der Waals surface area contributed by atoms with E-state index in [1.165, 1.54) is 24.3 Å². The van der Waals surface area contributed by atoms with Crippen LogP contribution in [0.4, 0.5) is 4.39 Å². The molecule has 0 N–H and O–H groups in total. The van der Waals surface area contributed by atoms with Crippen LogP contribution in [0.25, 0.3) is 0 Å². The quantitative estimate of drug-likeness (QED) is 0.644. The van der Waals surface area contributed by atoms with Crippen LogP contribution in [-0.4, -0.2) is 5.78 Å². The largest absolute Gasteiger partial charge is 0.287 e. The van der Waals surface area contributed by atoms with Crippen LogP contribution < -0.4 is 4.57 Å².